The van der Waals surface area contributed by atoms with Gasteiger partial charge in [-0.1, -0.05) is 38.4 Å². The monoisotopic (exact) mass is 378 g/mol. The molecule has 25 heavy (non-hydrogen) atoms. The van der Waals surface area contributed by atoms with Gasteiger partial charge in [-0.15, -0.1) is 6.58 Å². The fourth-order valence-electron chi connectivity index (χ4n) is 1.92. The lowest BCUT2D eigenvalue weighted by Crippen LogP contribution is -2.15. The Morgan fingerprint density at radius 2 is 2.12 bits per heavy atom. The summed E-state index contributed by atoms with van der Waals surface area (Å²) >= 11 is 7.58. The Kier molecular flexibility index (Phi) is 6.19. The SMILES string of the molecule is C=CCN(C)C=Nc1cc(C)c(Oc2nc(C(C)(C)C)ns2)cc1Cl. The molecule has 2 rings (SSSR count). The summed E-state index contributed by atoms with van der Waals surface area (Å²) in [7, 11) is 1.92. The smallest absolute Gasteiger partial charge is 0.298 e. The molecule has 0 radical (unpaired) electrons. The van der Waals surface area contributed by atoms with Crippen molar-refractivity contribution in [3.8, 4) is 10.9 Å². The van der Waals surface area contributed by atoms with Crippen molar-refractivity contribution in [2.24, 2.45) is 4.99 Å². The minimum Gasteiger partial charge on any atom is -0.430 e. The second-order valence-corrected chi connectivity index (χ2v) is 7.90. The summed E-state index contributed by atoms with van der Waals surface area (Å²) < 4.78 is 10.2. The molecular weight excluding hydrogens is 356 g/mol. The molecule has 1 heterocycles. The molecule has 5 nitrogen and oxygen atoms in total. The molecular formula is C18H23ClN4OS. The zero-order chi connectivity index (χ0) is 18.6. The first-order valence-corrected chi connectivity index (χ1v) is 9.03. The number of hydrogen-bond donors (Lipinski definition) is 0. The van der Waals surface area contributed by atoms with Gasteiger partial charge in [0.05, 0.1) is 17.0 Å². The van der Waals surface area contributed by atoms with E-state index in [1.165, 1.54) is 11.5 Å². The number of ether oxygens (including phenoxy) is 1. The summed E-state index contributed by atoms with van der Waals surface area (Å²) in [6, 6.07) is 3.65. The van der Waals surface area contributed by atoms with Crippen LogP contribution in [0.5, 0.6) is 10.9 Å². The average molecular weight is 379 g/mol. The van der Waals surface area contributed by atoms with E-state index in [2.05, 4.69) is 41.7 Å². The van der Waals surface area contributed by atoms with Crippen molar-refractivity contribution in [1.82, 2.24) is 14.3 Å². The third-order valence-corrected chi connectivity index (χ3v) is 4.23. The Morgan fingerprint density at radius 3 is 2.72 bits per heavy atom. The lowest BCUT2D eigenvalue weighted by atomic mass is 9.96. The maximum absolute atomic E-state index is 6.34. The number of aryl methyl sites for hydroxylation is 1. The molecule has 2 aromatic rings. The molecule has 0 bridgehead atoms. The van der Waals surface area contributed by atoms with Gasteiger partial charge in [0.15, 0.2) is 5.82 Å². The van der Waals surface area contributed by atoms with E-state index in [0.717, 1.165) is 11.4 Å². The van der Waals surface area contributed by atoms with E-state index in [4.69, 9.17) is 16.3 Å². The van der Waals surface area contributed by atoms with Gasteiger partial charge in [0.1, 0.15) is 5.75 Å². The molecule has 0 aliphatic heterocycles. The molecule has 0 aliphatic carbocycles. The van der Waals surface area contributed by atoms with Gasteiger partial charge in [-0.3, -0.25) is 0 Å². The molecule has 0 saturated heterocycles. The highest BCUT2D eigenvalue weighted by atomic mass is 35.5. The number of hydrogen-bond acceptors (Lipinski definition) is 5. The molecule has 0 N–H and O–H groups in total. The van der Waals surface area contributed by atoms with Crippen molar-refractivity contribution in [3.63, 3.8) is 0 Å². The van der Waals surface area contributed by atoms with E-state index in [-0.39, 0.29) is 5.41 Å². The molecule has 134 valence electrons. The zero-order valence-electron chi connectivity index (χ0n) is 15.2. The fraction of sp³-hybridized carbons (Fsp3) is 0.389. The van der Waals surface area contributed by atoms with E-state index < -0.39 is 0 Å². The highest BCUT2D eigenvalue weighted by molar-refractivity contribution is 7.07. The molecule has 0 atom stereocenters. The molecule has 0 fully saturated rings. The van der Waals surface area contributed by atoms with Crippen molar-refractivity contribution in [2.75, 3.05) is 13.6 Å². The summed E-state index contributed by atoms with van der Waals surface area (Å²) in [5.74, 6) is 1.42. The van der Waals surface area contributed by atoms with Crippen LogP contribution in [-0.2, 0) is 5.41 Å². The molecule has 7 heteroatoms. The summed E-state index contributed by atoms with van der Waals surface area (Å²) in [4.78, 5) is 10.8. The van der Waals surface area contributed by atoms with Crippen LogP contribution >= 0.6 is 23.1 Å². The first-order valence-electron chi connectivity index (χ1n) is 7.88. The highest BCUT2D eigenvalue weighted by Gasteiger charge is 2.20. The van der Waals surface area contributed by atoms with E-state index >= 15 is 0 Å². The topological polar surface area (TPSA) is 50.6 Å². The Labute approximate surface area is 158 Å². The lowest BCUT2D eigenvalue weighted by Gasteiger charge is -2.12. The second kappa shape index (κ2) is 7.97. The summed E-state index contributed by atoms with van der Waals surface area (Å²) in [5.41, 5.74) is 1.51. The van der Waals surface area contributed by atoms with E-state index in [9.17, 15) is 0 Å². The average Bonchev–Trinajstić information content (AvgIpc) is 2.98. The summed E-state index contributed by atoms with van der Waals surface area (Å²) in [6.07, 6.45) is 3.53. The van der Waals surface area contributed by atoms with Crippen LogP contribution in [0.4, 0.5) is 5.69 Å². The number of aromatic nitrogens is 2. The zero-order valence-corrected chi connectivity index (χ0v) is 16.8. The Hall–Kier alpha value is -1.92. The van der Waals surface area contributed by atoms with Gasteiger partial charge in [-0.25, -0.2) is 4.99 Å². The van der Waals surface area contributed by atoms with Crippen LogP contribution in [0.15, 0.2) is 29.8 Å². The number of rotatable bonds is 6. The minimum atomic E-state index is -0.110. The van der Waals surface area contributed by atoms with Gasteiger partial charge in [0.2, 0.25) is 0 Å². The predicted octanol–water partition coefficient (Wildman–Crippen LogP) is 5.37. The van der Waals surface area contributed by atoms with Crippen LogP contribution < -0.4 is 4.74 Å². The Morgan fingerprint density at radius 1 is 1.40 bits per heavy atom. The Bertz CT molecular complexity index is 780. The molecule has 0 saturated carbocycles. The van der Waals surface area contributed by atoms with E-state index in [1.54, 1.807) is 12.4 Å². The first-order chi connectivity index (χ1) is 11.7. The molecule has 0 spiro atoms. The minimum absolute atomic E-state index is 0.110. The van der Waals surface area contributed by atoms with Gasteiger partial charge >= 0.3 is 0 Å². The van der Waals surface area contributed by atoms with Gasteiger partial charge < -0.3 is 9.64 Å². The fourth-order valence-corrected chi connectivity index (χ4v) is 2.85. The first kappa shape index (κ1) is 19.4. The van der Waals surface area contributed by atoms with Gasteiger partial charge in [-0.2, -0.15) is 9.36 Å². The van der Waals surface area contributed by atoms with Crippen molar-refractivity contribution < 1.29 is 4.74 Å². The lowest BCUT2D eigenvalue weighted by molar-refractivity contribution is 0.465. The third-order valence-electron chi connectivity index (χ3n) is 3.33. The summed E-state index contributed by atoms with van der Waals surface area (Å²) in [5, 5.41) is 1.02. The van der Waals surface area contributed by atoms with Gasteiger partial charge in [-0.05, 0) is 18.6 Å². The number of nitrogens with zero attached hydrogens (tertiary/aromatic N) is 4. The highest BCUT2D eigenvalue weighted by Crippen LogP contribution is 2.35. The van der Waals surface area contributed by atoms with Crippen LogP contribution in [0.3, 0.4) is 0 Å². The van der Waals surface area contributed by atoms with E-state index in [0.29, 0.717) is 28.2 Å². The maximum atomic E-state index is 6.34. The quantitative estimate of drug-likeness (QED) is 0.385. The molecule has 0 unspecified atom stereocenters. The van der Waals surface area contributed by atoms with Crippen molar-refractivity contribution in [2.45, 2.75) is 33.1 Å². The molecule has 1 aromatic carbocycles. The largest absolute Gasteiger partial charge is 0.430 e. The Balaban J connectivity index is 2.19. The number of halogens is 1. The van der Waals surface area contributed by atoms with Crippen LogP contribution in [0.25, 0.3) is 0 Å². The van der Waals surface area contributed by atoms with Gasteiger partial charge in [0.25, 0.3) is 5.19 Å². The molecule has 1 aromatic heterocycles. The maximum Gasteiger partial charge on any atom is 0.298 e. The number of aliphatic imine (C=N–C) groups is 1. The standard InChI is InChI=1S/C18H23ClN4OS/c1-7-8-23(6)11-20-14-9-12(2)15(10-13(14)19)24-17-21-16(22-25-17)18(3,4)5/h7,9-11H,1,8H2,2-6H3. The van der Waals surface area contributed by atoms with Gasteiger partial charge in [0, 0.05) is 36.6 Å². The third kappa shape index (κ3) is 5.28. The van der Waals surface area contributed by atoms with Crippen molar-refractivity contribution in [1.29, 1.82) is 0 Å². The van der Waals surface area contributed by atoms with Crippen LogP contribution in [0, 0.1) is 6.92 Å². The molecule has 0 amide bonds. The van der Waals surface area contributed by atoms with Crippen LogP contribution in [0.2, 0.25) is 5.02 Å². The van der Waals surface area contributed by atoms with Crippen LogP contribution in [-0.4, -0.2) is 34.2 Å². The number of likely N-dealkylation sites (N-methyl/N-ethyl adjacent to an activating group) is 1. The van der Waals surface area contributed by atoms with Crippen molar-refractivity contribution >= 4 is 35.2 Å². The molecule has 0 aliphatic rings. The second-order valence-electron chi connectivity index (χ2n) is 6.78. The normalized spacial score (nSPS) is 11.8. The van der Waals surface area contributed by atoms with Crippen LogP contribution in [0.1, 0.15) is 32.2 Å². The van der Waals surface area contributed by atoms with Crippen molar-refractivity contribution in [3.05, 3.63) is 41.2 Å². The van der Waals surface area contributed by atoms with E-state index in [1.807, 2.05) is 31.0 Å². The number of benzene rings is 1. The summed E-state index contributed by atoms with van der Waals surface area (Å²) in [6.45, 7) is 12.6. The predicted molar refractivity (Wildman–Crippen MR) is 106 cm³/mol.